The van der Waals surface area contributed by atoms with E-state index in [9.17, 15) is 9.18 Å². The Morgan fingerprint density at radius 1 is 1.03 bits per heavy atom. The quantitative estimate of drug-likeness (QED) is 0.360. The molecule has 0 saturated carbocycles. The van der Waals surface area contributed by atoms with Crippen LogP contribution < -0.4 is 10.6 Å². The van der Waals surface area contributed by atoms with E-state index in [0.29, 0.717) is 17.3 Å². The van der Waals surface area contributed by atoms with Gasteiger partial charge >= 0.3 is 0 Å². The third kappa shape index (κ3) is 5.07. The van der Waals surface area contributed by atoms with E-state index in [-0.39, 0.29) is 30.2 Å². The van der Waals surface area contributed by atoms with Crippen molar-refractivity contribution in [3.05, 3.63) is 115 Å². The topological polar surface area (TPSA) is 62.2 Å². The number of carbonyl (C=O) groups excluding carboxylic acids is 1. The van der Waals surface area contributed by atoms with Crippen LogP contribution in [0, 0.1) is 5.82 Å². The van der Waals surface area contributed by atoms with Crippen LogP contribution >= 0.6 is 12.2 Å². The first kappa shape index (κ1) is 22.7. The molecule has 2 atom stereocenters. The fourth-order valence-electron chi connectivity index (χ4n) is 4.34. The number of rotatable bonds is 7. The molecule has 2 aromatic heterocycles. The summed E-state index contributed by atoms with van der Waals surface area (Å²) in [5, 5.41) is 6.80. The maximum Gasteiger partial charge on any atom is 0.226 e. The number of halogens is 1. The first-order valence-corrected chi connectivity index (χ1v) is 11.8. The standard InChI is InChI=1S/C27H24FN5OS/c28-20-9-11-21(12-10-20)30-24(34)14-17-33-26(25(31-27(33)35)23-8-4-5-15-29-23)19-13-16-32(18-19)22-6-2-1-3-7-22/h1-13,15-16,18,25-26H,14,17H2,(H,30,34)(H,31,35)/t25-,26-/m1/s1. The Morgan fingerprint density at radius 2 is 1.80 bits per heavy atom. The number of benzene rings is 2. The molecule has 176 valence electrons. The monoisotopic (exact) mass is 485 g/mol. The van der Waals surface area contributed by atoms with Crippen LogP contribution in [0.1, 0.15) is 29.8 Å². The summed E-state index contributed by atoms with van der Waals surface area (Å²) in [5.41, 5.74) is 3.56. The Labute approximate surface area is 208 Å². The molecule has 6 nitrogen and oxygen atoms in total. The zero-order valence-corrected chi connectivity index (χ0v) is 19.7. The minimum absolute atomic E-state index is 0.138. The van der Waals surface area contributed by atoms with Crippen LogP contribution in [0.2, 0.25) is 0 Å². The molecule has 1 fully saturated rings. The largest absolute Gasteiger partial charge is 0.352 e. The summed E-state index contributed by atoms with van der Waals surface area (Å²) in [5.74, 6) is -0.511. The summed E-state index contributed by atoms with van der Waals surface area (Å²) in [6.45, 7) is 0.420. The second-order valence-corrected chi connectivity index (χ2v) is 8.70. The highest BCUT2D eigenvalue weighted by molar-refractivity contribution is 7.80. The van der Waals surface area contributed by atoms with E-state index < -0.39 is 0 Å². The second-order valence-electron chi connectivity index (χ2n) is 8.31. The van der Waals surface area contributed by atoms with Gasteiger partial charge in [-0.25, -0.2) is 4.39 Å². The van der Waals surface area contributed by atoms with E-state index in [4.69, 9.17) is 12.2 Å². The van der Waals surface area contributed by atoms with Gasteiger partial charge in [-0.2, -0.15) is 0 Å². The number of amides is 1. The summed E-state index contributed by atoms with van der Waals surface area (Å²) in [4.78, 5) is 19.2. The average Bonchev–Trinajstić information content (AvgIpc) is 3.50. The number of hydrogen-bond acceptors (Lipinski definition) is 3. The lowest BCUT2D eigenvalue weighted by atomic mass is 9.99. The number of nitrogens with one attached hydrogen (secondary N) is 2. The Morgan fingerprint density at radius 3 is 2.54 bits per heavy atom. The van der Waals surface area contributed by atoms with E-state index in [2.05, 4.69) is 44.6 Å². The highest BCUT2D eigenvalue weighted by atomic mass is 32.1. The molecule has 2 aromatic carbocycles. The van der Waals surface area contributed by atoms with Crippen molar-refractivity contribution in [1.82, 2.24) is 19.8 Å². The van der Waals surface area contributed by atoms with E-state index in [1.54, 1.807) is 18.3 Å². The molecule has 0 radical (unpaired) electrons. The van der Waals surface area contributed by atoms with Gasteiger partial charge in [0.15, 0.2) is 5.11 Å². The van der Waals surface area contributed by atoms with E-state index in [1.807, 2.05) is 47.5 Å². The number of para-hydroxylation sites is 1. The molecular formula is C27H24FN5OS. The van der Waals surface area contributed by atoms with Gasteiger partial charge in [0.1, 0.15) is 5.82 Å². The average molecular weight is 486 g/mol. The molecule has 2 N–H and O–H groups in total. The number of nitrogens with zero attached hydrogens (tertiary/aromatic N) is 3. The van der Waals surface area contributed by atoms with Crippen LogP contribution in [-0.2, 0) is 4.79 Å². The van der Waals surface area contributed by atoms with Gasteiger partial charge in [0.25, 0.3) is 0 Å². The van der Waals surface area contributed by atoms with E-state index >= 15 is 0 Å². The normalized spacial score (nSPS) is 17.3. The van der Waals surface area contributed by atoms with Crippen molar-refractivity contribution in [2.45, 2.75) is 18.5 Å². The summed E-state index contributed by atoms with van der Waals surface area (Å²) in [6.07, 6.45) is 6.12. The zero-order chi connectivity index (χ0) is 24.2. The lowest BCUT2D eigenvalue weighted by molar-refractivity contribution is -0.116. The summed E-state index contributed by atoms with van der Waals surface area (Å²) >= 11 is 5.70. The Bertz CT molecular complexity index is 1310. The molecule has 35 heavy (non-hydrogen) atoms. The van der Waals surface area contributed by atoms with Gasteiger partial charge < -0.3 is 20.1 Å². The predicted molar refractivity (Wildman–Crippen MR) is 138 cm³/mol. The van der Waals surface area contributed by atoms with Crippen molar-refractivity contribution in [1.29, 1.82) is 0 Å². The highest BCUT2D eigenvalue weighted by Crippen LogP contribution is 2.39. The lowest BCUT2D eigenvalue weighted by Crippen LogP contribution is -2.32. The van der Waals surface area contributed by atoms with Gasteiger partial charge in [0.05, 0.1) is 17.8 Å². The lowest BCUT2D eigenvalue weighted by Gasteiger charge is -2.27. The molecule has 0 aliphatic carbocycles. The summed E-state index contributed by atoms with van der Waals surface area (Å²) in [6, 6.07) is 23.4. The maximum atomic E-state index is 13.2. The van der Waals surface area contributed by atoms with Crippen LogP contribution in [-0.4, -0.2) is 32.0 Å². The third-order valence-electron chi connectivity index (χ3n) is 6.02. The SMILES string of the molecule is O=C(CCN1C(=S)N[C@H](c2ccccn2)[C@H]1c1ccn(-c2ccccc2)c1)Nc1ccc(F)cc1. The summed E-state index contributed by atoms with van der Waals surface area (Å²) < 4.78 is 15.2. The molecule has 1 aliphatic heterocycles. The van der Waals surface area contributed by atoms with Gasteiger partial charge in [-0.15, -0.1) is 0 Å². The maximum absolute atomic E-state index is 13.2. The zero-order valence-electron chi connectivity index (χ0n) is 18.8. The van der Waals surface area contributed by atoms with Crippen LogP contribution in [0.25, 0.3) is 5.69 Å². The smallest absolute Gasteiger partial charge is 0.226 e. The number of carbonyl (C=O) groups is 1. The van der Waals surface area contributed by atoms with Gasteiger partial charge in [-0.1, -0.05) is 24.3 Å². The van der Waals surface area contributed by atoms with Gasteiger partial charge in [-0.3, -0.25) is 9.78 Å². The van der Waals surface area contributed by atoms with Gasteiger partial charge in [0.2, 0.25) is 5.91 Å². The van der Waals surface area contributed by atoms with Crippen LogP contribution in [0.4, 0.5) is 10.1 Å². The Balaban J connectivity index is 1.38. The molecule has 8 heteroatoms. The number of hydrogen-bond donors (Lipinski definition) is 2. The molecule has 3 heterocycles. The Hall–Kier alpha value is -4.04. The molecule has 4 aromatic rings. The van der Waals surface area contributed by atoms with Crippen LogP contribution in [0.3, 0.4) is 0 Å². The first-order valence-electron chi connectivity index (χ1n) is 11.4. The predicted octanol–water partition coefficient (Wildman–Crippen LogP) is 5.01. The van der Waals surface area contributed by atoms with Crippen molar-refractivity contribution in [2.24, 2.45) is 0 Å². The minimum Gasteiger partial charge on any atom is -0.352 e. The molecule has 1 amide bonds. The van der Waals surface area contributed by atoms with Crippen LogP contribution in [0.15, 0.2) is 97.5 Å². The molecule has 0 spiro atoms. The minimum atomic E-state index is -0.345. The second kappa shape index (κ2) is 10.1. The number of anilines is 1. The first-order chi connectivity index (χ1) is 17.1. The fraction of sp³-hybridized carbons (Fsp3) is 0.148. The van der Waals surface area contributed by atoms with E-state index in [0.717, 1.165) is 16.9 Å². The van der Waals surface area contributed by atoms with Crippen molar-refractivity contribution in [3.8, 4) is 5.69 Å². The molecule has 0 unspecified atom stereocenters. The fourth-order valence-corrected chi connectivity index (χ4v) is 4.67. The van der Waals surface area contributed by atoms with Gasteiger partial charge in [0, 0.05) is 42.9 Å². The van der Waals surface area contributed by atoms with Crippen molar-refractivity contribution in [2.75, 3.05) is 11.9 Å². The molecule has 0 bridgehead atoms. The van der Waals surface area contributed by atoms with Gasteiger partial charge in [-0.05, 0) is 72.4 Å². The molecular weight excluding hydrogens is 461 g/mol. The number of pyridine rings is 1. The van der Waals surface area contributed by atoms with Crippen LogP contribution in [0.5, 0.6) is 0 Å². The number of aromatic nitrogens is 2. The summed E-state index contributed by atoms with van der Waals surface area (Å²) in [7, 11) is 0. The Kier molecular flexibility index (Phi) is 6.54. The van der Waals surface area contributed by atoms with Crippen molar-refractivity contribution >= 4 is 28.9 Å². The molecule has 5 rings (SSSR count). The highest BCUT2D eigenvalue weighted by Gasteiger charge is 2.40. The van der Waals surface area contributed by atoms with Crippen molar-refractivity contribution < 1.29 is 9.18 Å². The third-order valence-corrected chi connectivity index (χ3v) is 6.37. The van der Waals surface area contributed by atoms with E-state index in [1.165, 1.54) is 12.1 Å². The molecule has 1 saturated heterocycles. The van der Waals surface area contributed by atoms with Crippen molar-refractivity contribution in [3.63, 3.8) is 0 Å². The molecule has 1 aliphatic rings. The number of thiocarbonyl (C=S) groups is 1.